The maximum atomic E-state index is 14.6. The van der Waals surface area contributed by atoms with Crippen LogP contribution >= 0.6 is 0 Å². The molecule has 0 atom stereocenters. The van der Waals surface area contributed by atoms with E-state index in [1.54, 1.807) is 38.1 Å². The summed E-state index contributed by atoms with van der Waals surface area (Å²) in [5.41, 5.74) is 2.60. The standard InChI is InChI=1S/C28H29FO7/c1-17(2)26(30)34-12-11-22-15-20(7-9-24(22)33-13-14-35-27(31)18(3)4)21-8-10-25(23(29)16-21)36-28(32)19(5)6/h7-10,15-16H,1,3,5,11-14H2,2,4,6H3. The van der Waals surface area contributed by atoms with Crippen LogP contribution in [0.4, 0.5) is 4.39 Å². The summed E-state index contributed by atoms with van der Waals surface area (Å²) in [6, 6.07) is 9.42. The Kier molecular flexibility index (Phi) is 10.2. The Bertz CT molecular complexity index is 1200. The third-order valence-electron chi connectivity index (χ3n) is 4.75. The first-order valence-corrected chi connectivity index (χ1v) is 11.1. The molecular weight excluding hydrogens is 467 g/mol. The minimum atomic E-state index is -0.719. The molecule has 0 radical (unpaired) electrons. The Labute approximate surface area is 209 Å². The first-order chi connectivity index (χ1) is 17.0. The van der Waals surface area contributed by atoms with Crippen molar-refractivity contribution in [1.82, 2.24) is 0 Å². The lowest BCUT2D eigenvalue weighted by Crippen LogP contribution is -2.13. The van der Waals surface area contributed by atoms with Crippen molar-refractivity contribution in [3.05, 3.63) is 84.2 Å². The van der Waals surface area contributed by atoms with Crippen LogP contribution in [0.5, 0.6) is 11.5 Å². The molecule has 0 aromatic heterocycles. The highest BCUT2D eigenvalue weighted by Gasteiger charge is 2.14. The second kappa shape index (κ2) is 13.0. The van der Waals surface area contributed by atoms with Gasteiger partial charge in [-0.05, 0) is 61.7 Å². The number of hydrogen-bond acceptors (Lipinski definition) is 7. The van der Waals surface area contributed by atoms with E-state index in [9.17, 15) is 18.8 Å². The normalized spacial score (nSPS) is 10.2. The Hall–Kier alpha value is -4.20. The summed E-state index contributed by atoms with van der Waals surface area (Å²) >= 11 is 0. The van der Waals surface area contributed by atoms with E-state index in [2.05, 4.69) is 19.7 Å². The van der Waals surface area contributed by atoms with Crippen LogP contribution in [0.1, 0.15) is 26.3 Å². The summed E-state index contributed by atoms with van der Waals surface area (Å²) in [4.78, 5) is 35.0. The third-order valence-corrected chi connectivity index (χ3v) is 4.75. The molecule has 0 aliphatic heterocycles. The summed E-state index contributed by atoms with van der Waals surface area (Å²) in [6.07, 6.45) is 0.310. The van der Waals surface area contributed by atoms with Crippen LogP contribution in [0.2, 0.25) is 0 Å². The molecule has 0 N–H and O–H groups in total. The lowest BCUT2D eigenvalue weighted by Gasteiger charge is -2.14. The van der Waals surface area contributed by atoms with Gasteiger partial charge in [0.2, 0.25) is 0 Å². The molecule has 0 spiro atoms. The fourth-order valence-electron chi connectivity index (χ4n) is 2.83. The molecule has 0 saturated heterocycles. The van der Waals surface area contributed by atoms with Crippen molar-refractivity contribution in [1.29, 1.82) is 0 Å². The van der Waals surface area contributed by atoms with E-state index in [4.69, 9.17) is 18.9 Å². The SMILES string of the molecule is C=C(C)C(=O)OCCOc1ccc(-c2ccc(OC(=O)C(=C)C)c(F)c2)cc1CCOC(=O)C(=C)C. The number of ether oxygens (including phenoxy) is 4. The van der Waals surface area contributed by atoms with E-state index >= 15 is 0 Å². The topological polar surface area (TPSA) is 88.1 Å². The van der Waals surface area contributed by atoms with Crippen LogP contribution < -0.4 is 9.47 Å². The zero-order valence-corrected chi connectivity index (χ0v) is 20.6. The van der Waals surface area contributed by atoms with Crippen molar-refractivity contribution in [3.63, 3.8) is 0 Å². The van der Waals surface area contributed by atoms with E-state index in [0.29, 0.717) is 28.9 Å². The van der Waals surface area contributed by atoms with Gasteiger partial charge in [-0.15, -0.1) is 0 Å². The number of rotatable bonds is 12. The number of benzene rings is 2. The average Bonchev–Trinajstić information content (AvgIpc) is 2.83. The second-order valence-corrected chi connectivity index (χ2v) is 8.07. The highest BCUT2D eigenvalue weighted by atomic mass is 19.1. The van der Waals surface area contributed by atoms with Crippen molar-refractivity contribution < 1.29 is 37.7 Å². The predicted molar refractivity (Wildman–Crippen MR) is 133 cm³/mol. The molecule has 0 aliphatic rings. The molecule has 0 amide bonds. The molecule has 2 rings (SSSR count). The largest absolute Gasteiger partial charge is 0.490 e. The van der Waals surface area contributed by atoms with Gasteiger partial charge in [0, 0.05) is 23.1 Å². The molecule has 8 heteroatoms. The van der Waals surface area contributed by atoms with Crippen LogP contribution in [0.3, 0.4) is 0 Å². The summed E-state index contributed by atoms with van der Waals surface area (Å²) in [7, 11) is 0. The fraction of sp³-hybridized carbons (Fsp3) is 0.250. The van der Waals surface area contributed by atoms with Gasteiger partial charge in [0.05, 0.1) is 6.61 Å². The van der Waals surface area contributed by atoms with Crippen LogP contribution in [0, 0.1) is 5.82 Å². The van der Waals surface area contributed by atoms with Crippen molar-refractivity contribution in [2.45, 2.75) is 27.2 Å². The van der Waals surface area contributed by atoms with Gasteiger partial charge in [-0.25, -0.2) is 18.8 Å². The van der Waals surface area contributed by atoms with Gasteiger partial charge in [-0.2, -0.15) is 0 Å². The van der Waals surface area contributed by atoms with E-state index < -0.39 is 23.7 Å². The van der Waals surface area contributed by atoms with Crippen molar-refractivity contribution in [2.75, 3.05) is 19.8 Å². The molecule has 0 unspecified atom stereocenters. The number of carbonyl (C=O) groups is 3. The Balaban J connectivity index is 2.23. The molecule has 0 bridgehead atoms. The minimum Gasteiger partial charge on any atom is -0.490 e. The lowest BCUT2D eigenvalue weighted by atomic mass is 10.0. The van der Waals surface area contributed by atoms with Crippen LogP contribution in [0.15, 0.2) is 72.9 Å². The number of halogens is 1. The van der Waals surface area contributed by atoms with Crippen molar-refractivity contribution >= 4 is 17.9 Å². The Morgan fingerprint density at radius 3 is 1.81 bits per heavy atom. The average molecular weight is 497 g/mol. The molecule has 0 fully saturated rings. The molecule has 36 heavy (non-hydrogen) atoms. The molecule has 0 saturated carbocycles. The number of esters is 3. The summed E-state index contributed by atoms with van der Waals surface area (Å²) in [5, 5.41) is 0. The van der Waals surface area contributed by atoms with Gasteiger partial charge >= 0.3 is 17.9 Å². The van der Waals surface area contributed by atoms with Gasteiger partial charge in [-0.1, -0.05) is 31.9 Å². The Morgan fingerprint density at radius 1 is 0.722 bits per heavy atom. The monoisotopic (exact) mass is 496 g/mol. The highest BCUT2D eigenvalue weighted by molar-refractivity contribution is 5.89. The van der Waals surface area contributed by atoms with Gasteiger partial charge in [0.15, 0.2) is 11.6 Å². The quantitative estimate of drug-likeness (QED) is 0.174. The summed E-state index contributed by atoms with van der Waals surface area (Å²) in [5.74, 6) is -2.17. The first kappa shape index (κ1) is 28.0. The highest BCUT2D eigenvalue weighted by Crippen LogP contribution is 2.30. The molecule has 0 heterocycles. The van der Waals surface area contributed by atoms with Crippen LogP contribution in [-0.2, 0) is 30.3 Å². The smallest absolute Gasteiger partial charge is 0.338 e. The van der Waals surface area contributed by atoms with Crippen LogP contribution in [-0.4, -0.2) is 37.7 Å². The summed E-state index contributed by atoms with van der Waals surface area (Å²) in [6.45, 7) is 15.3. The number of hydrogen-bond donors (Lipinski definition) is 0. The van der Waals surface area contributed by atoms with E-state index in [1.807, 2.05) is 0 Å². The van der Waals surface area contributed by atoms with Gasteiger partial charge in [0.1, 0.15) is 19.0 Å². The fourth-order valence-corrected chi connectivity index (χ4v) is 2.83. The summed E-state index contributed by atoms with van der Waals surface area (Å²) < 4.78 is 35.6. The molecule has 0 aliphatic carbocycles. The molecule has 7 nitrogen and oxygen atoms in total. The Morgan fingerprint density at radius 2 is 1.25 bits per heavy atom. The maximum Gasteiger partial charge on any atom is 0.338 e. The molecule has 2 aromatic carbocycles. The van der Waals surface area contributed by atoms with Gasteiger partial charge in [-0.3, -0.25) is 0 Å². The minimum absolute atomic E-state index is 0.0209. The first-order valence-electron chi connectivity index (χ1n) is 11.1. The number of carbonyl (C=O) groups excluding carboxylic acids is 3. The van der Waals surface area contributed by atoms with Gasteiger partial charge < -0.3 is 18.9 Å². The maximum absolute atomic E-state index is 14.6. The zero-order valence-electron chi connectivity index (χ0n) is 20.6. The van der Waals surface area contributed by atoms with Crippen molar-refractivity contribution in [3.8, 4) is 22.6 Å². The van der Waals surface area contributed by atoms with Crippen molar-refractivity contribution in [2.24, 2.45) is 0 Å². The molecule has 190 valence electrons. The predicted octanol–water partition coefficient (Wildman–Crippen LogP) is 5.13. The lowest BCUT2D eigenvalue weighted by molar-refractivity contribution is -0.140. The van der Waals surface area contributed by atoms with E-state index in [0.717, 1.165) is 0 Å². The second-order valence-electron chi connectivity index (χ2n) is 8.07. The van der Waals surface area contributed by atoms with Crippen LogP contribution in [0.25, 0.3) is 11.1 Å². The zero-order chi connectivity index (χ0) is 26.8. The van der Waals surface area contributed by atoms with E-state index in [-0.39, 0.29) is 42.3 Å². The van der Waals surface area contributed by atoms with E-state index in [1.165, 1.54) is 19.1 Å². The molecule has 2 aromatic rings. The van der Waals surface area contributed by atoms with Gasteiger partial charge in [0.25, 0.3) is 0 Å². The third kappa shape index (κ3) is 8.23. The molecular formula is C28H29FO7.